The molecule has 9 heteroatoms. The van der Waals surface area contributed by atoms with E-state index in [1.54, 1.807) is 6.07 Å². The molecule has 0 unspecified atom stereocenters. The Morgan fingerprint density at radius 1 is 1.28 bits per heavy atom. The maximum Gasteiger partial charge on any atom is 0.256 e. The summed E-state index contributed by atoms with van der Waals surface area (Å²) in [5.74, 6) is 0.359. The first kappa shape index (κ1) is 19.0. The second kappa shape index (κ2) is 6.52. The van der Waals surface area contributed by atoms with Crippen LogP contribution in [-0.2, 0) is 16.6 Å². The first-order chi connectivity index (χ1) is 13.8. The molecule has 2 aromatic rings. The van der Waals surface area contributed by atoms with Crippen LogP contribution in [0.4, 0.5) is 5.13 Å². The minimum absolute atomic E-state index is 0.124. The van der Waals surface area contributed by atoms with Crippen LogP contribution in [0.5, 0.6) is 0 Å². The van der Waals surface area contributed by atoms with Gasteiger partial charge >= 0.3 is 0 Å². The first-order valence-corrected chi connectivity index (χ1v) is 12.2. The van der Waals surface area contributed by atoms with Gasteiger partial charge in [0.05, 0.1) is 21.0 Å². The van der Waals surface area contributed by atoms with Crippen molar-refractivity contribution in [3.63, 3.8) is 0 Å². The summed E-state index contributed by atoms with van der Waals surface area (Å²) in [5.41, 5.74) is 8.55. The van der Waals surface area contributed by atoms with E-state index < -0.39 is 10.0 Å². The van der Waals surface area contributed by atoms with Crippen LogP contribution in [-0.4, -0.2) is 47.6 Å². The third-order valence-electron chi connectivity index (χ3n) is 6.30. The number of carbonyl (C=O) groups is 1. The molecule has 0 radical (unpaired) electrons. The Bertz CT molecular complexity index is 1120. The highest BCUT2D eigenvalue weighted by molar-refractivity contribution is 7.89. The van der Waals surface area contributed by atoms with Crippen molar-refractivity contribution in [3.8, 4) is 10.4 Å². The highest BCUT2D eigenvalue weighted by Crippen LogP contribution is 2.42. The van der Waals surface area contributed by atoms with Gasteiger partial charge in [0.2, 0.25) is 10.0 Å². The molecule has 1 saturated carbocycles. The Hall–Kier alpha value is -1.97. The number of fused-ring (bicyclic) bond motifs is 1. The van der Waals surface area contributed by atoms with Gasteiger partial charge in [0.1, 0.15) is 0 Å². The molecule has 1 aliphatic carbocycles. The van der Waals surface area contributed by atoms with Crippen LogP contribution in [0.1, 0.15) is 47.8 Å². The maximum atomic E-state index is 13.3. The molecule has 29 heavy (non-hydrogen) atoms. The fourth-order valence-electron chi connectivity index (χ4n) is 4.29. The lowest BCUT2D eigenvalue weighted by atomic mass is 10.0. The number of rotatable bonds is 5. The fraction of sp³-hybridized carbons (Fsp3) is 0.500. The predicted molar refractivity (Wildman–Crippen MR) is 112 cm³/mol. The number of anilines is 1. The summed E-state index contributed by atoms with van der Waals surface area (Å²) in [7, 11) is -3.71. The monoisotopic (exact) mass is 432 g/mol. The minimum Gasteiger partial charge on any atom is -0.375 e. The zero-order chi connectivity index (χ0) is 20.5. The van der Waals surface area contributed by atoms with Gasteiger partial charge in [-0.15, -0.1) is 0 Å². The zero-order valence-electron chi connectivity index (χ0n) is 16.5. The molecule has 1 saturated heterocycles. The van der Waals surface area contributed by atoms with Crippen LogP contribution in [0.25, 0.3) is 10.4 Å². The number of hydrogen-bond donors (Lipinski definition) is 1. The molecule has 1 aromatic heterocycles. The summed E-state index contributed by atoms with van der Waals surface area (Å²) in [5, 5.41) is 0.449. The van der Waals surface area contributed by atoms with Crippen molar-refractivity contribution in [2.45, 2.75) is 50.6 Å². The standard InChI is InChI=1S/C20H24N4O3S2/c1-11-18(28-20(21)22-11)14-8-15-10-24(12(2)13-4-5-13)19(25)17(15)16(9-14)29(26,27)23-6-3-7-23/h8-9,12-13H,3-7,10H2,1-2H3,(H2,21,22)/t12-/m0/s1. The molecule has 1 aromatic carbocycles. The summed E-state index contributed by atoms with van der Waals surface area (Å²) >= 11 is 1.34. The normalized spacial score (nSPS) is 20.6. The van der Waals surface area contributed by atoms with Gasteiger partial charge in [0.25, 0.3) is 5.91 Å². The number of thiazole rings is 1. The zero-order valence-corrected chi connectivity index (χ0v) is 18.1. The Kier molecular flexibility index (Phi) is 4.27. The van der Waals surface area contributed by atoms with Crippen molar-refractivity contribution < 1.29 is 13.2 Å². The van der Waals surface area contributed by atoms with Crippen LogP contribution < -0.4 is 5.73 Å². The Morgan fingerprint density at radius 3 is 2.55 bits per heavy atom. The topological polar surface area (TPSA) is 96.6 Å². The largest absolute Gasteiger partial charge is 0.375 e. The van der Waals surface area contributed by atoms with E-state index in [1.165, 1.54) is 15.6 Å². The van der Waals surface area contributed by atoms with E-state index in [0.29, 0.717) is 36.2 Å². The van der Waals surface area contributed by atoms with Gasteiger partial charge in [-0.2, -0.15) is 4.31 Å². The van der Waals surface area contributed by atoms with Gasteiger partial charge in [-0.3, -0.25) is 4.79 Å². The fourth-order valence-corrected chi connectivity index (χ4v) is 6.88. The minimum atomic E-state index is -3.71. The molecular weight excluding hydrogens is 408 g/mol. The second-order valence-electron chi connectivity index (χ2n) is 8.24. The lowest BCUT2D eigenvalue weighted by Crippen LogP contribution is -2.42. The molecule has 154 valence electrons. The number of nitrogens with zero attached hydrogens (tertiary/aromatic N) is 3. The lowest BCUT2D eigenvalue weighted by molar-refractivity contribution is 0.0694. The van der Waals surface area contributed by atoms with Gasteiger partial charge < -0.3 is 10.6 Å². The SMILES string of the molecule is Cc1nc(N)sc1-c1cc2c(c(S(=O)(=O)N3CCC3)c1)C(=O)N([C@@H](C)C1CC1)C2. The summed E-state index contributed by atoms with van der Waals surface area (Å²) < 4.78 is 28.1. The highest BCUT2D eigenvalue weighted by atomic mass is 32.2. The van der Waals surface area contributed by atoms with Crippen LogP contribution in [0, 0.1) is 12.8 Å². The summed E-state index contributed by atoms with van der Waals surface area (Å²) in [4.78, 5) is 20.4. The van der Waals surface area contributed by atoms with E-state index in [-0.39, 0.29) is 16.8 Å². The average Bonchev–Trinajstić information content (AvgIpc) is 3.33. The molecule has 0 bridgehead atoms. The van der Waals surface area contributed by atoms with Gasteiger partial charge in [0.15, 0.2) is 5.13 Å². The van der Waals surface area contributed by atoms with Gasteiger partial charge in [-0.1, -0.05) is 11.3 Å². The smallest absolute Gasteiger partial charge is 0.256 e. The van der Waals surface area contributed by atoms with Crippen molar-refractivity contribution >= 4 is 32.4 Å². The molecule has 0 spiro atoms. The summed E-state index contributed by atoms with van der Waals surface area (Å²) in [6.45, 7) is 5.40. The number of sulfonamides is 1. The Labute approximate surface area is 174 Å². The molecule has 3 aliphatic rings. The number of nitrogens with two attached hydrogens (primary N) is 1. The molecule has 5 rings (SSSR count). The van der Waals surface area contributed by atoms with Crippen molar-refractivity contribution in [2.75, 3.05) is 18.8 Å². The van der Waals surface area contributed by atoms with Crippen LogP contribution in [0.15, 0.2) is 17.0 Å². The predicted octanol–water partition coefficient (Wildman–Crippen LogP) is 2.85. The van der Waals surface area contributed by atoms with Crippen LogP contribution >= 0.6 is 11.3 Å². The number of aromatic nitrogens is 1. The van der Waals surface area contributed by atoms with Crippen LogP contribution in [0.3, 0.4) is 0 Å². The second-order valence-corrected chi connectivity index (χ2v) is 11.2. The molecule has 3 heterocycles. The Morgan fingerprint density at radius 2 is 2.00 bits per heavy atom. The average molecular weight is 433 g/mol. The summed E-state index contributed by atoms with van der Waals surface area (Å²) in [6, 6.07) is 3.72. The Balaban J connectivity index is 1.67. The maximum absolute atomic E-state index is 13.3. The van der Waals surface area contributed by atoms with Crippen molar-refractivity contribution in [3.05, 3.63) is 29.0 Å². The van der Waals surface area contributed by atoms with Gasteiger partial charge in [-0.25, -0.2) is 13.4 Å². The third-order valence-corrected chi connectivity index (χ3v) is 9.26. The molecular formula is C20H24N4O3S2. The summed E-state index contributed by atoms with van der Waals surface area (Å²) in [6.07, 6.45) is 3.11. The number of nitrogen functional groups attached to an aromatic ring is 1. The van der Waals surface area contributed by atoms with E-state index in [9.17, 15) is 13.2 Å². The molecule has 1 atom stereocenters. The van der Waals surface area contributed by atoms with E-state index in [0.717, 1.165) is 41.0 Å². The number of carbonyl (C=O) groups excluding carboxylic acids is 1. The van der Waals surface area contributed by atoms with E-state index in [2.05, 4.69) is 11.9 Å². The van der Waals surface area contributed by atoms with Crippen molar-refractivity contribution in [2.24, 2.45) is 5.92 Å². The first-order valence-electron chi connectivity index (χ1n) is 9.98. The highest BCUT2D eigenvalue weighted by Gasteiger charge is 2.43. The molecule has 2 aliphatic heterocycles. The molecule has 1 amide bonds. The van der Waals surface area contributed by atoms with E-state index >= 15 is 0 Å². The van der Waals surface area contributed by atoms with Crippen molar-refractivity contribution in [1.29, 1.82) is 0 Å². The molecule has 7 nitrogen and oxygen atoms in total. The quantitative estimate of drug-likeness (QED) is 0.784. The lowest BCUT2D eigenvalue weighted by Gasteiger charge is -2.30. The molecule has 2 N–H and O–H groups in total. The van der Waals surface area contributed by atoms with Gasteiger partial charge in [0, 0.05) is 25.7 Å². The van der Waals surface area contributed by atoms with E-state index in [1.807, 2.05) is 17.9 Å². The third kappa shape index (κ3) is 2.98. The van der Waals surface area contributed by atoms with Crippen molar-refractivity contribution in [1.82, 2.24) is 14.2 Å². The number of hydrogen-bond acceptors (Lipinski definition) is 6. The number of benzene rings is 1. The molecule has 2 fully saturated rings. The van der Waals surface area contributed by atoms with Crippen LogP contribution in [0.2, 0.25) is 0 Å². The number of amides is 1. The van der Waals surface area contributed by atoms with Gasteiger partial charge in [-0.05, 0) is 62.3 Å². The number of aryl methyl sites for hydroxylation is 1. The van der Waals surface area contributed by atoms with E-state index in [4.69, 9.17) is 5.73 Å².